The first-order valence-corrected chi connectivity index (χ1v) is 11.4. The summed E-state index contributed by atoms with van der Waals surface area (Å²) < 4.78 is 17.4. The molecular formula is C24H22Cl2N4O3. The van der Waals surface area contributed by atoms with Gasteiger partial charge in [-0.25, -0.2) is 4.98 Å². The minimum absolute atomic E-state index is 0.0578. The molecule has 1 fully saturated rings. The molecule has 0 saturated carbocycles. The molecule has 4 heterocycles. The van der Waals surface area contributed by atoms with E-state index in [0.717, 1.165) is 35.2 Å². The smallest absolute Gasteiger partial charge is 0.213 e. The monoisotopic (exact) mass is 484 g/mol. The van der Waals surface area contributed by atoms with Crippen LogP contribution in [-0.4, -0.2) is 39.5 Å². The van der Waals surface area contributed by atoms with Crippen molar-refractivity contribution in [2.75, 3.05) is 13.2 Å². The molecule has 33 heavy (non-hydrogen) atoms. The lowest BCUT2D eigenvalue weighted by Crippen LogP contribution is -2.16. The van der Waals surface area contributed by atoms with E-state index < -0.39 is 0 Å². The van der Waals surface area contributed by atoms with Gasteiger partial charge in [-0.3, -0.25) is 10.1 Å². The molecule has 1 aliphatic heterocycles. The molecule has 1 aromatic carbocycles. The van der Waals surface area contributed by atoms with Gasteiger partial charge in [0.1, 0.15) is 23.7 Å². The molecule has 7 nitrogen and oxygen atoms in total. The topological polar surface area (TPSA) is 82.2 Å². The van der Waals surface area contributed by atoms with Crippen LogP contribution in [0.4, 0.5) is 0 Å². The number of benzene rings is 1. The van der Waals surface area contributed by atoms with Crippen LogP contribution in [0.5, 0.6) is 11.6 Å². The summed E-state index contributed by atoms with van der Waals surface area (Å²) in [6, 6.07) is 9.56. The second-order valence-electron chi connectivity index (χ2n) is 7.95. The highest BCUT2D eigenvalue weighted by molar-refractivity contribution is 6.36. The molecular weight excluding hydrogens is 463 g/mol. The normalized spacial score (nSPS) is 16.8. The second kappa shape index (κ2) is 9.17. The van der Waals surface area contributed by atoms with Gasteiger partial charge in [0.25, 0.3) is 0 Å². The third kappa shape index (κ3) is 4.49. The molecule has 1 saturated heterocycles. The Hall–Kier alpha value is -2.87. The summed E-state index contributed by atoms with van der Waals surface area (Å²) in [5.74, 6) is 1.25. The number of rotatable bonds is 6. The molecule has 0 unspecified atom stereocenters. The van der Waals surface area contributed by atoms with Gasteiger partial charge < -0.3 is 14.2 Å². The van der Waals surface area contributed by atoms with E-state index in [9.17, 15) is 0 Å². The van der Waals surface area contributed by atoms with Crippen LogP contribution in [0.2, 0.25) is 10.0 Å². The number of H-pyrrole nitrogens is 1. The molecule has 0 radical (unpaired) electrons. The minimum Gasteiger partial charge on any atom is -0.486 e. The number of nitrogens with one attached hydrogen (secondary N) is 1. The van der Waals surface area contributed by atoms with E-state index >= 15 is 0 Å². The molecule has 9 heteroatoms. The van der Waals surface area contributed by atoms with Crippen molar-refractivity contribution in [2.24, 2.45) is 0 Å². The first-order chi connectivity index (χ1) is 16.0. The predicted molar refractivity (Wildman–Crippen MR) is 127 cm³/mol. The number of nitrogens with zero attached hydrogens (tertiary/aromatic N) is 3. The van der Waals surface area contributed by atoms with Crippen LogP contribution < -0.4 is 9.47 Å². The Morgan fingerprint density at radius 3 is 2.79 bits per heavy atom. The minimum atomic E-state index is -0.364. The second-order valence-corrected chi connectivity index (χ2v) is 8.73. The van der Waals surface area contributed by atoms with Crippen LogP contribution in [0.15, 0.2) is 42.7 Å². The Morgan fingerprint density at radius 1 is 1.15 bits per heavy atom. The van der Waals surface area contributed by atoms with Crippen LogP contribution >= 0.6 is 23.2 Å². The highest BCUT2D eigenvalue weighted by Gasteiger charge is 2.20. The van der Waals surface area contributed by atoms with E-state index in [1.54, 1.807) is 12.4 Å². The van der Waals surface area contributed by atoms with Crippen molar-refractivity contribution in [2.45, 2.75) is 32.5 Å². The molecule has 0 bridgehead atoms. The molecule has 5 rings (SSSR count). The molecule has 0 spiro atoms. The van der Waals surface area contributed by atoms with E-state index in [2.05, 4.69) is 20.2 Å². The standard InChI is InChI=1S/C24H22Cl2N4O3/c1-13-23(26)22(19(25)11-27-13)14(2)32-16-4-5-20-18(9-16)24(30-29-20)15-3-6-21(28-10-15)33-17-7-8-31-12-17/h3-6,9-11,14,17H,7-8,12H2,1-2H3,(H,29,30)/t14-,17-/m1/s1. The summed E-state index contributed by atoms with van der Waals surface area (Å²) in [6.45, 7) is 5.07. The maximum absolute atomic E-state index is 6.44. The highest BCUT2D eigenvalue weighted by atomic mass is 35.5. The zero-order valence-corrected chi connectivity index (χ0v) is 19.7. The first kappa shape index (κ1) is 21.9. The summed E-state index contributed by atoms with van der Waals surface area (Å²) in [5.41, 5.74) is 3.97. The van der Waals surface area contributed by atoms with Crippen molar-refractivity contribution in [3.8, 4) is 22.9 Å². The number of hydrogen-bond acceptors (Lipinski definition) is 6. The number of halogens is 2. The van der Waals surface area contributed by atoms with Crippen LogP contribution in [0.25, 0.3) is 22.2 Å². The van der Waals surface area contributed by atoms with E-state index in [1.165, 1.54) is 0 Å². The molecule has 170 valence electrons. The van der Waals surface area contributed by atoms with Gasteiger partial charge in [0.05, 0.1) is 34.5 Å². The van der Waals surface area contributed by atoms with Gasteiger partial charge in [-0.1, -0.05) is 23.2 Å². The Labute approximate surface area is 201 Å². The number of ether oxygens (including phenoxy) is 3. The van der Waals surface area contributed by atoms with Crippen LogP contribution in [0.1, 0.15) is 30.7 Å². The number of aromatic nitrogens is 4. The molecule has 0 amide bonds. The molecule has 1 N–H and O–H groups in total. The summed E-state index contributed by atoms with van der Waals surface area (Å²) >= 11 is 12.8. The number of fused-ring (bicyclic) bond motifs is 1. The number of pyridine rings is 2. The van der Waals surface area contributed by atoms with Gasteiger partial charge in [0, 0.05) is 41.4 Å². The van der Waals surface area contributed by atoms with Crippen molar-refractivity contribution in [3.05, 3.63) is 64.0 Å². The predicted octanol–water partition coefficient (Wildman–Crippen LogP) is 5.94. The average Bonchev–Trinajstić information content (AvgIpc) is 3.47. The van der Waals surface area contributed by atoms with Gasteiger partial charge in [-0.15, -0.1) is 0 Å². The summed E-state index contributed by atoms with van der Waals surface area (Å²) in [5, 5.41) is 9.45. The van der Waals surface area contributed by atoms with E-state index in [-0.39, 0.29) is 12.2 Å². The molecule has 3 aromatic heterocycles. The third-order valence-electron chi connectivity index (χ3n) is 5.62. The lowest BCUT2D eigenvalue weighted by Gasteiger charge is -2.18. The Balaban J connectivity index is 1.39. The van der Waals surface area contributed by atoms with Crippen molar-refractivity contribution in [1.29, 1.82) is 0 Å². The lowest BCUT2D eigenvalue weighted by molar-refractivity contribution is 0.138. The van der Waals surface area contributed by atoms with Crippen molar-refractivity contribution >= 4 is 34.1 Å². The number of aryl methyl sites for hydroxylation is 1. The molecule has 4 aromatic rings. The fourth-order valence-electron chi connectivity index (χ4n) is 3.87. The molecule has 2 atom stereocenters. The SMILES string of the molecule is Cc1ncc(Cl)c([C@@H](C)Oc2ccc3[nH]nc(-c4ccc(O[C@@H]5CCOC5)nc4)c3c2)c1Cl. The summed E-state index contributed by atoms with van der Waals surface area (Å²) in [4.78, 5) is 8.63. The van der Waals surface area contributed by atoms with Gasteiger partial charge in [0.2, 0.25) is 5.88 Å². The van der Waals surface area contributed by atoms with Gasteiger partial charge >= 0.3 is 0 Å². The largest absolute Gasteiger partial charge is 0.486 e. The highest BCUT2D eigenvalue weighted by Crippen LogP contribution is 2.36. The fourth-order valence-corrected chi connectivity index (χ4v) is 4.52. The van der Waals surface area contributed by atoms with Crippen LogP contribution in [0, 0.1) is 6.92 Å². The average molecular weight is 485 g/mol. The Bertz CT molecular complexity index is 1290. The van der Waals surface area contributed by atoms with Crippen molar-refractivity contribution in [3.63, 3.8) is 0 Å². The Kier molecular flexibility index (Phi) is 6.10. The summed E-state index contributed by atoms with van der Waals surface area (Å²) in [6.07, 6.45) is 3.93. The first-order valence-electron chi connectivity index (χ1n) is 10.7. The van der Waals surface area contributed by atoms with Gasteiger partial charge in [-0.2, -0.15) is 5.10 Å². The van der Waals surface area contributed by atoms with Gasteiger partial charge in [0.15, 0.2) is 0 Å². The van der Waals surface area contributed by atoms with E-state index in [1.807, 2.05) is 44.2 Å². The summed E-state index contributed by atoms with van der Waals surface area (Å²) in [7, 11) is 0. The van der Waals surface area contributed by atoms with E-state index in [0.29, 0.717) is 39.5 Å². The van der Waals surface area contributed by atoms with Crippen molar-refractivity contribution < 1.29 is 14.2 Å². The molecule has 1 aliphatic rings. The fraction of sp³-hybridized carbons (Fsp3) is 0.292. The lowest BCUT2D eigenvalue weighted by atomic mass is 10.1. The quantitative estimate of drug-likeness (QED) is 0.364. The molecule has 0 aliphatic carbocycles. The number of aromatic amines is 1. The maximum Gasteiger partial charge on any atom is 0.213 e. The Morgan fingerprint density at radius 2 is 2.03 bits per heavy atom. The van der Waals surface area contributed by atoms with Crippen LogP contribution in [-0.2, 0) is 4.74 Å². The number of hydrogen-bond donors (Lipinski definition) is 1. The van der Waals surface area contributed by atoms with E-state index in [4.69, 9.17) is 37.4 Å². The van der Waals surface area contributed by atoms with Crippen molar-refractivity contribution in [1.82, 2.24) is 20.2 Å². The van der Waals surface area contributed by atoms with Crippen LogP contribution in [0.3, 0.4) is 0 Å². The van der Waals surface area contributed by atoms with Gasteiger partial charge in [-0.05, 0) is 38.1 Å². The maximum atomic E-state index is 6.44. The zero-order chi connectivity index (χ0) is 22.9. The third-order valence-corrected chi connectivity index (χ3v) is 6.40. The zero-order valence-electron chi connectivity index (χ0n) is 18.1.